The molecule has 1 rings (SSSR count). The van der Waals surface area contributed by atoms with Gasteiger partial charge in [-0.15, -0.1) is 0 Å². The van der Waals surface area contributed by atoms with Gasteiger partial charge in [0.2, 0.25) is 0 Å². The number of halogens is 2. The molecule has 0 aliphatic heterocycles. The first-order chi connectivity index (χ1) is 10.8. The smallest absolute Gasteiger partial charge is 0.387 e. The molecule has 1 unspecified atom stereocenters. The number of benzene rings is 1. The Bertz CT molecular complexity index is 526. The second kappa shape index (κ2) is 8.67. The van der Waals surface area contributed by atoms with E-state index in [0.717, 1.165) is 5.56 Å². The Morgan fingerprint density at radius 2 is 2.13 bits per heavy atom. The third kappa shape index (κ3) is 6.40. The van der Waals surface area contributed by atoms with Crippen molar-refractivity contribution in [3.05, 3.63) is 29.3 Å². The maximum absolute atomic E-state index is 12.4. The fraction of sp³-hybridized carbons (Fsp3) is 0.562. The molecular weight excluding hydrogens is 306 g/mol. The summed E-state index contributed by atoms with van der Waals surface area (Å²) < 4.78 is 29.3. The van der Waals surface area contributed by atoms with Gasteiger partial charge in [-0.05, 0) is 32.8 Å². The van der Waals surface area contributed by atoms with Crippen molar-refractivity contribution in [2.75, 3.05) is 6.61 Å². The van der Waals surface area contributed by atoms with Crippen molar-refractivity contribution in [2.24, 2.45) is 0 Å². The topological polar surface area (TPSA) is 70.6 Å². The van der Waals surface area contributed by atoms with Crippen LogP contribution in [0.4, 0.5) is 13.6 Å². The summed E-state index contributed by atoms with van der Waals surface area (Å²) in [5.74, 6) is 0.0412. The van der Waals surface area contributed by atoms with Crippen LogP contribution in [0, 0.1) is 6.92 Å². The van der Waals surface area contributed by atoms with Crippen LogP contribution in [0.3, 0.4) is 0 Å². The number of aryl methyl sites for hydroxylation is 1. The van der Waals surface area contributed by atoms with Crippen molar-refractivity contribution in [3.63, 3.8) is 0 Å². The summed E-state index contributed by atoms with van der Waals surface area (Å²) in [6, 6.07) is 4.38. The second-order valence-corrected chi connectivity index (χ2v) is 5.69. The van der Waals surface area contributed by atoms with Crippen LogP contribution in [0.15, 0.2) is 18.2 Å². The van der Waals surface area contributed by atoms with Gasteiger partial charge in [0, 0.05) is 24.3 Å². The molecule has 0 saturated carbocycles. The largest absolute Gasteiger partial charge is 0.434 e. The van der Waals surface area contributed by atoms with Crippen LogP contribution in [0.2, 0.25) is 0 Å². The van der Waals surface area contributed by atoms with Gasteiger partial charge in [0.15, 0.2) is 0 Å². The lowest BCUT2D eigenvalue weighted by molar-refractivity contribution is -0.0504. The minimum Gasteiger partial charge on any atom is -0.434 e. The van der Waals surface area contributed by atoms with Crippen LogP contribution in [0.1, 0.15) is 37.8 Å². The van der Waals surface area contributed by atoms with Gasteiger partial charge < -0.3 is 20.5 Å². The molecule has 0 fully saturated rings. The third-order valence-corrected chi connectivity index (χ3v) is 3.73. The molecule has 3 N–H and O–H groups in total. The minimum atomic E-state index is -2.92. The number of hydrogen-bond acceptors (Lipinski definition) is 3. The SMILES string of the molecule is CCC(C)(CCO)NC(=O)NCc1cc(C)ccc1OC(F)F. The zero-order valence-electron chi connectivity index (χ0n) is 13.7. The first kappa shape index (κ1) is 19.2. The normalized spacial score (nSPS) is 13.5. The van der Waals surface area contributed by atoms with Gasteiger partial charge in [0.05, 0.1) is 0 Å². The molecule has 23 heavy (non-hydrogen) atoms. The van der Waals surface area contributed by atoms with E-state index in [2.05, 4.69) is 15.4 Å². The Labute approximate surface area is 135 Å². The average molecular weight is 330 g/mol. The fourth-order valence-corrected chi connectivity index (χ4v) is 2.13. The highest BCUT2D eigenvalue weighted by Gasteiger charge is 2.23. The Morgan fingerprint density at radius 3 is 2.70 bits per heavy atom. The van der Waals surface area contributed by atoms with E-state index in [1.54, 1.807) is 12.1 Å². The first-order valence-corrected chi connectivity index (χ1v) is 7.51. The summed E-state index contributed by atoms with van der Waals surface area (Å²) in [5, 5.41) is 14.5. The Balaban J connectivity index is 2.70. The van der Waals surface area contributed by atoms with E-state index in [1.165, 1.54) is 6.07 Å². The van der Waals surface area contributed by atoms with Crippen molar-refractivity contribution in [2.45, 2.75) is 52.3 Å². The van der Waals surface area contributed by atoms with E-state index in [9.17, 15) is 13.6 Å². The second-order valence-electron chi connectivity index (χ2n) is 5.69. The molecule has 0 spiro atoms. The van der Waals surface area contributed by atoms with Gasteiger partial charge in [0.25, 0.3) is 0 Å². The first-order valence-electron chi connectivity index (χ1n) is 7.51. The number of carbonyl (C=O) groups is 1. The quantitative estimate of drug-likeness (QED) is 0.686. The van der Waals surface area contributed by atoms with E-state index in [-0.39, 0.29) is 18.9 Å². The lowest BCUT2D eigenvalue weighted by Gasteiger charge is -2.29. The molecule has 7 heteroatoms. The number of aliphatic hydroxyl groups excluding tert-OH is 1. The van der Waals surface area contributed by atoms with E-state index in [4.69, 9.17) is 5.11 Å². The maximum atomic E-state index is 12.4. The highest BCUT2D eigenvalue weighted by Crippen LogP contribution is 2.22. The summed E-state index contributed by atoms with van der Waals surface area (Å²) in [7, 11) is 0. The number of hydrogen-bond donors (Lipinski definition) is 3. The number of rotatable bonds is 8. The highest BCUT2D eigenvalue weighted by atomic mass is 19.3. The summed E-state index contributed by atoms with van der Waals surface area (Å²) in [6.45, 7) is 2.68. The van der Waals surface area contributed by atoms with Crippen molar-refractivity contribution in [3.8, 4) is 5.75 Å². The molecule has 0 heterocycles. The van der Waals surface area contributed by atoms with Crippen molar-refractivity contribution in [1.82, 2.24) is 10.6 Å². The van der Waals surface area contributed by atoms with Crippen LogP contribution >= 0.6 is 0 Å². The number of aliphatic hydroxyl groups is 1. The molecule has 1 aromatic rings. The molecule has 0 aromatic heterocycles. The van der Waals surface area contributed by atoms with Gasteiger partial charge in [-0.2, -0.15) is 8.78 Å². The van der Waals surface area contributed by atoms with Crippen LogP contribution in [0.25, 0.3) is 0 Å². The van der Waals surface area contributed by atoms with Gasteiger partial charge in [-0.3, -0.25) is 0 Å². The number of urea groups is 1. The lowest BCUT2D eigenvalue weighted by Crippen LogP contribution is -2.50. The molecule has 1 aromatic carbocycles. The molecule has 2 amide bonds. The number of ether oxygens (including phenoxy) is 1. The lowest BCUT2D eigenvalue weighted by atomic mass is 9.95. The van der Waals surface area contributed by atoms with Gasteiger partial charge >= 0.3 is 12.6 Å². The van der Waals surface area contributed by atoms with Crippen molar-refractivity contribution < 1.29 is 23.4 Å². The standard InChI is InChI=1S/C16H24F2N2O3/c1-4-16(3,7-8-21)20-15(22)19-10-12-9-11(2)5-6-13(12)23-14(17)18/h5-6,9,14,21H,4,7-8,10H2,1-3H3,(H2,19,20,22). The van der Waals surface area contributed by atoms with Crippen LogP contribution in [0.5, 0.6) is 5.75 Å². The van der Waals surface area contributed by atoms with Gasteiger partial charge in [-0.25, -0.2) is 4.79 Å². The molecule has 130 valence electrons. The molecule has 0 aliphatic carbocycles. The molecule has 5 nitrogen and oxygen atoms in total. The van der Waals surface area contributed by atoms with Crippen LogP contribution in [-0.2, 0) is 6.54 Å². The van der Waals surface area contributed by atoms with E-state index in [1.807, 2.05) is 20.8 Å². The zero-order valence-corrected chi connectivity index (χ0v) is 13.7. The van der Waals surface area contributed by atoms with Crippen LogP contribution < -0.4 is 15.4 Å². The molecule has 0 saturated heterocycles. The van der Waals surface area contributed by atoms with E-state index >= 15 is 0 Å². The summed E-state index contributed by atoms with van der Waals surface area (Å²) in [5.41, 5.74) is 0.830. The van der Waals surface area contributed by atoms with Crippen LogP contribution in [-0.4, -0.2) is 29.9 Å². The Morgan fingerprint density at radius 1 is 1.43 bits per heavy atom. The summed E-state index contributed by atoms with van der Waals surface area (Å²) in [4.78, 5) is 12.0. The van der Waals surface area contributed by atoms with E-state index < -0.39 is 18.2 Å². The van der Waals surface area contributed by atoms with Gasteiger partial charge in [0.1, 0.15) is 5.75 Å². The number of amides is 2. The molecule has 1 atom stereocenters. The molecular formula is C16H24F2N2O3. The maximum Gasteiger partial charge on any atom is 0.387 e. The number of alkyl halides is 2. The molecule has 0 bridgehead atoms. The highest BCUT2D eigenvalue weighted by molar-refractivity contribution is 5.74. The molecule has 0 radical (unpaired) electrons. The van der Waals surface area contributed by atoms with E-state index in [0.29, 0.717) is 18.4 Å². The third-order valence-electron chi connectivity index (χ3n) is 3.73. The summed E-state index contributed by atoms with van der Waals surface area (Å²) in [6.07, 6.45) is 1.09. The van der Waals surface area contributed by atoms with Gasteiger partial charge in [-0.1, -0.05) is 24.6 Å². The fourth-order valence-electron chi connectivity index (χ4n) is 2.13. The van der Waals surface area contributed by atoms with Crippen molar-refractivity contribution in [1.29, 1.82) is 0 Å². The van der Waals surface area contributed by atoms with Crippen molar-refractivity contribution >= 4 is 6.03 Å². The monoisotopic (exact) mass is 330 g/mol. The number of nitrogens with one attached hydrogen (secondary N) is 2. The minimum absolute atomic E-state index is 0.0329. The zero-order chi connectivity index (χ0) is 17.5. The average Bonchev–Trinajstić information content (AvgIpc) is 2.47. The molecule has 0 aliphatic rings. The Kier molecular flexibility index (Phi) is 7.22. The predicted octanol–water partition coefficient (Wildman–Crippen LogP) is 2.95. The predicted molar refractivity (Wildman–Crippen MR) is 83.6 cm³/mol. The number of carbonyl (C=O) groups excluding carboxylic acids is 1. The summed E-state index contributed by atoms with van der Waals surface area (Å²) >= 11 is 0. The Hall–Kier alpha value is -1.89.